The van der Waals surface area contributed by atoms with Crippen LogP contribution < -0.4 is 10.1 Å². The first-order valence-corrected chi connectivity index (χ1v) is 7.63. The number of amides is 1. The fraction of sp³-hybridized carbons (Fsp3) is 0.316. The lowest BCUT2D eigenvalue weighted by atomic mass is 10.0. The van der Waals surface area contributed by atoms with Crippen LogP contribution in [0.3, 0.4) is 0 Å². The zero-order chi connectivity index (χ0) is 15.9. The number of hydrogen-bond acceptors (Lipinski definition) is 2. The van der Waals surface area contributed by atoms with Gasteiger partial charge < -0.3 is 10.1 Å². The summed E-state index contributed by atoms with van der Waals surface area (Å²) in [4.78, 5) is 11.9. The van der Waals surface area contributed by atoms with Crippen LogP contribution in [0.2, 0.25) is 0 Å². The molecule has 0 radical (unpaired) electrons. The predicted octanol–water partition coefficient (Wildman–Crippen LogP) is 4.07. The van der Waals surface area contributed by atoms with Gasteiger partial charge >= 0.3 is 0 Å². The first-order valence-electron chi connectivity index (χ1n) is 7.63. The molecule has 0 fully saturated rings. The van der Waals surface area contributed by atoms with Crippen molar-refractivity contribution in [1.82, 2.24) is 5.32 Å². The second-order valence-corrected chi connectivity index (χ2v) is 5.71. The molecule has 2 aromatic carbocycles. The first-order chi connectivity index (χ1) is 10.6. The largest absolute Gasteiger partial charge is 0.484 e. The summed E-state index contributed by atoms with van der Waals surface area (Å²) in [5.41, 5.74) is 2.34. The second kappa shape index (κ2) is 7.64. The molecule has 3 heteroatoms. The van der Waals surface area contributed by atoms with Gasteiger partial charge in [0, 0.05) is 0 Å². The van der Waals surface area contributed by atoms with E-state index in [1.807, 2.05) is 61.5 Å². The van der Waals surface area contributed by atoms with Crippen molar-refractivity contribution in [3.05, 3.63) is 65.7 Å². The van der Waals surface area contributed by atoms with E-state index in [1.165, 1.54) is 5.56 Å². The van der Waals surface area contributed by atoms with Gasteiger partial charge in [0.05, 0.1) is 6.04 Å². The van der Waals surface area contributed by atoms with Gasteiger partial charge in [0.15, 0.2) is 6.61 Å². The fourth-order valence-corrected chi connectivity index (χ4v) is 2.21. The average molecular weight is 297 g/mol. The molecule has 0 saturated heterocycles. The van der Waals surface area contributed by atoms with Crippen LogP contribution in [0, 0.1) is 0 Å². The summed E-state index contributed by atoms with van der Waals surface area (Å²) >= 11 is 0. The van der Waals surface area contributed by atoms with Crippen LogP contribution in [-0.4, -0.2) is 12.5 Å². The van der Waals surface area contributed by atoms with Crippen molar-refractivity contribution in [1.29, 1.82) is 0 Å². The van der Waals surface area contributed by atoms with Gasteiger partial charge in [0.2, 0.25) is 0 Å². The molecule has 1 atom stereocenters. The second-order valence-electron chi connectivity index (χ2n) is 5.71. The van der Waals surface area contributed by atoms with Crippen LogP contribution in [0.5, 0.6) is 5.75 Å². The topological polar surface area (TPSA) is 38.3 Å². The van der Waals surface area contributed by atoms with Gasteiger partial charge in [0.1, 0.15) is 5.75 Å². The number of carbonyl (C=O) groups excluding carboxylic acids is 1. The molecule has 0 unspecified atom stereocenters. The van der Waals surface area contributed by atoms with Crippen LogP contribution in [-0.2, 0) is 4.79 Å². The SMILES string of the molecule is CC(C)c1ccc(OCC(=O)N[C@H](C)c2ccccc2)cc1. The Morgan fingerprint density at radius 3 is 2.18 bits per heavy atom. The zero-order valence-electron chi connectivity index (χ0n) is 13.4. The standard InChI is InChI=1S/C19H23NO2/c1-14(2)16-9-11-18(12-10-16)22-13-19(21)20-15(3)17-7-5-4-6-8-17/h4-12,14-15H,13H2,1-3H3,(H,20,21)/t15-/m1/s1. The van der Waals surface area contributed by atoms with Gasteiger partial charge in [-0.2, -0.15) is 0 Å². The first kappa shape index (κ1) is 16.1. The lowest BCUT2D eigenvalue weighted by Gasteiger charge is -2.15. The van der Waals surface area contributed by atoms with Gasteiger partial charge in [-0.25, -0.2) is 0 Å². The highest BCUT2D eigenvalue weighted by molar-refractivity contribution is 5.78. The van der Waals surface area contributed by atoms with E-state index in [-0.39, 0.29) is 18.6 Å². The molecular weight excluding hydrogens is 274 g/mol. The third-order valence-corrected chi connectivity index (χ3v) is 3.59. The lowest BCUT2D eigenvalue weighted by molar-refractivity contribution is -0.123. The molecule has 116 valence electrons. The smallest absolute Gasteiger partial charge is 0.258 e. The van der Waals surface area contributed by atoms with E-state index in [2.05, 4.69) is 19.2 Å². The molecular formula is C19H23NO2. The van der Waals surface area contributed by atoms with Gasteiger partial charge in [-0.1, -0.05) is 56.3 Å². The van der Waals surface area contributed by atoms with Crippen LogP contribution in [0.1, 0.15) is 43.9 Å². The third kappa shape index (κ3) is 4.62. The summed E-state index contributed by atoms with van der Waals surface area (Å²) in [5, 5.41) is 2.93. The summed E-state index contributed by atoms with van der Waals surface area (Å²) in [6.07, 6.45) is 0. The van der Waals surface area contributed by atoms with E-state index in [9.17, 15) is 4.79 Å². The number of hydrogen-bond donors (Lipinski definition) is 1. The van der Waals surface area contributed by atoms with E-state index in [1.54, 1.807) is 0 Å². The Morgan fingerprint density at radius 2 is 1.59 bits per heavy atom. The highest BCUT2D eigenvalue weighted by atomic mass is 16.5. The number of carbonyl (C=O) groups is 1. The molecule has 0 aromatic heterocycles. The van der Waals surface area contributed by atoms with Crippen molar-refractivity contribution >= 4 is 5.91 Å². The highest BCUT2D eigenvalue weighted by Gasteiger charge is 2.09. The molecule has 1 N–H and O–H groups in total. The monoisotopic (exact) mass is 297 g/mol. The Morgan fingerprint density at radius 1 is 0.955 bits per heavy atom. The number of ether oxygens (including phenoxy) is 1. The van der Waals surface area contributed by atoms with Crippen molar-refractivity contribution in [3.8, 4) is 5.75 Å². The summed E-state index contributed by atoms with van der Waals surface area (Å²) in [6, 6.07) is 17.7. The molecule has 3 nitrogen and oxygen atoms in total. The van der Waals surface area contributed by atoms with E-state index >= 15 is 0 Å². The normalized spacial score (nSPS) is 12.0. The Hall–Kier alpha value is -2.29. The van der Waals surface area contributed by atoms with Crippen LogP contribution in [0.25, 0.3) is 0 Å². The molecule has 0 aliphatic carbocycles. The maximum atomic E-state index is 11.9. The third-order valence-electron chi connectivity index (χ3n) is 3.59. The summed E-state index contributed by atoms with van der Waals surface area (Å²) in [6.45, 7) is 6.28. The van der Waals surface area contributed by atoms with Crippen molar-refractivity contribution in [3.63, 3.8) is 0 Å². The zero-order valence-corrected chi connectivity index (χ0v) is 13.4. The molecule has 0 aliphatic heterocycles. The number of benzene rings is 2. The summed E-state index contributed by atoms with van der Waals surface area (Å²) in [5.74, 6) is 1.08. The van der Waals surface area contributed by atoms with Gasteiger partial charge in [-0.05, 0) is 36.1 Å². The van der Waals surface area contributed by atoms with Gasteiger partial charge in [0.25, 0.3) is 5.91 Å². The Labute approximate surface area is 132 Å². The van der Waals surface area contributed by atoms with Crippen molar-refractivity contribution < 1.29 is 9.53 Å². The van der Waals surface area contributed by atoms with Gasteiger partial charge in [-0.3, -0.25) is 4.79 Å². The van der Waals surface area contributed by atoms with E-state index in [0.717, 1.165) is 5.56 Å². The molecule has 0 heterocycles. The van der Waals surface area contributed by atoms with Gasteiger partial charge in [-0.15, -0.1) is 0 Å². The van der Waals surface area contributed by atoms with E-state index in [4.69, 9.17) is 4.74 Å². The molecule has 0 saturated carbocycles. The van der Waals surface area contributed by atoms with Crippen molar-refractivity contribution in [2.45, 2.75) is 32.7 Å². The van der Waals surface area contributed by atoms with Crippen molar-refractivity contribution in [2.75, 3.05) is 6.61 Å². The molecule has 1 amide bonds. The molecule has 0 bridgehead atoms. The molecule has 0 spiro atoms. The fourth-order valence-electron chi connectivity index (χ4n) is 2.21. The predicted molar refractivity (Wildman–Crippen MR) is 89.0 cm³/mol. The minimum atomic E-state index is -0.121. The van der Waals surface area contributed by atoms with E-state index in [0.29, 0.717) is 11.7 Å². The minimum absolute atomic E-state index is 0.0260. The average Bonchev–Trinajstić information content (AvgIpc) is 2.54. The maximum Gasteiger partial charge on any atom is 0.258 e. The lowest BCUT2D eigenvalue weighted by Crippen LogP contribution is -2.31. The molecule has 2 rings (SSSR count). The molecule has 0 aliphatic rings. The molecule has 2 aromatic rings. The van der Waals surface area contributed by atoms with Crippen molar-refractivity contribution in [2.24, 2.45) is 0 Å². The number of rotatable bonds is 6. The number of nitrogens with one attached hydrogen (secondary N) is 1. The Kier molecular flexibility index (Phi) is 5.59. The quantitative estimate of drug-likeness (QED) is 0.873. The Balaban J connectivity index is 1.82. The highest BCUT2D eigenvalue weighted by Crippen LogP contribution is 2.18. The Bertz CT molecular complexity index is 591. The molecule has 22 heavy (non-hydrogen) atoms. The minimum Gasteiger partial charge on any atom is -0.484 e. The van der Waals surface area contributed by atoms with E-state index < -0.39 is 0 Å². The van der Waals surface area contributed by atoms with Crippen LogP contribution in [0.4, 0.5) is 0 Å². The summed E-state index contributed by atoms with van der Waals surface area (Å²) < 4.78 is 5.53. The maximum absolute atomic E-state index is 11.9. The summed E-state index contributed by atoms with van der Waals surface area (Å²) in [7, 11) is 0. The van der Waals surface area contributed by atoms with Crippen LogP contribution >= 0.6 is 0 Å². The van der Waals surface area contributed by atoms with Crippen LogP contribution in [0.15, 0.2) is 54.6 Å².